The summed E-state index contributed by atoms with van der Waals surface area (Å²) in [6, 6.07) is 3.08. The molecule has 0 spiro atoms. The van der Waals surface area contributed by atoms with Gasteiger partial charge in [-0.25, -0.2) is 0 Å². The number of carboxylic acids is 1. The van der Waals surface area contributed by atoms with Gasteiger partial charge in [0, 0.05) is 13.0 Å². The second kappa shape index (κ2) is 5.07. The Hall–Kier alpha value is -1.78. The van der Waals surface area contributed by atoms with Gasteiger partial charge < -0.3 is 14.4 Å². The van der Waals surface area contributed by atoms with Gasteiger partial charge in [-0.3, -0.25) is 9.59 Å². The number of likely N-dealkylation sites (tertiary alicyclic amines) is 1. The van der Waals surface area contributed by atoms with Crippen molar-refractivity contribution < 1.29 is 19.1 Å². The minimum absolute atomic E-state index is 0.0481. The van der Waals surface area contributed by atoms with E-state index in [-0.39, 0.29) is 18.2 Å². The Balaban J connectivity index is 2.35. The lowest BCUT2D eigenvalue weighted by atomic mass is 9.98. The number of rotatable bonds is 4. The molecule has 1 N–H and O–H groups in total. The van der Waals surface area contributed by atoms with Gasteiger partial charge in [-0.05, 0) is 25.0 Å². The summed E-state index contributed by atoms with van der Waals surface area (Å²) in [6.45, 7) is 6.37. The Morgan fingerprint density at radius 2 is 2.21 bits per heavy atom. The highest BCUT2D eigenvalue weighted by Gasteiger charge is 2.46. The van der Waals surface area contributed by atoms with Crippen molar-refractivity contribution in [3.05, 3.63) is 23.7 Å². The highest BCUT2D eigenvalue weighted by atomic mass is 16.4. The largest absolute Gasteiger partial charge is 0.481 e. The summed E-state index contributed by atoms with van der Waals surface area (Å²) < 4.78 is 5.55. The van der Waals surface area contributed by atoms with Crippen LogP contribution in [0.4, 0.5) is 0 Å². The van der Waals surface area contributed by atoms with Crippen LogP contribution in [0.5, 0.6) is 0 Å². The minimum atomic E-state index is -0.946. The van der Waals surface area contributed by atoms with E-state index in [4.69, 9.17) is 4.42 Å². The first kappa shape index (κ1) is 13.6. The molecule has 0 radical (unpaired) electrons. The minimum Gasteiger partial charge on any atom is -0.481 e. The molecule has 0 bridgehead atoms. The van der Waals surface area contributed by atoms with E-state index in [0.29, 0.717) is 12.3 Å². The highest BCUT2D eigenvalue weighted by molar-refractivity contribution is 5.87. The van der Waals surface area contributed by atoms with Crippen LogP contribution in [0.1, 0.15) is 37.8 Å². The lowest BCUT2D eigenvalue weighted by molar-refractivity contribution is -0.143. The number of amides is 1. The van der Waals surface area contributed by atoms with E-state index < -0.39 is 17.9 Å². The third kappa shape index (κ3) is 2.64. The molecule has 2 heterocycles. The fourth-order valence-electron chi connectivity index (χ4n) is 2.58. The monoisotopic (exact) mass is 265 g/mol. The van der Waals surface area contributed by atoms with Crippen LogP contribution < -0.4 is 0 Å². The lowest BCUT2D eigenvalue weighted by Gasteiger charge is -2.26. The summed E-state index contributed by atoms with van der Waals surface area (Å²) in [6.07, 6.45) is 0.0481. The molecule has 5 heteroatoms. The molecular formula is C14H19NO4. The quantitative estimate of drug-likeness (QED) is 0.906. The van der Waals surface area contributed by atoms with Crippen LogP contribution in [0, 0.1) is 18.8 Å². The summed E-state index contributed by atoms with van der Waals surface area (Å²) in [5.41, 5.74) is 0. The number of hydrogen-bond donors (Lipinski definition) is 1. The van der Waals surface area contributed by atoms with E-state index in [1.807, 2.05) is 20.8 Å². The standard InChI is InChI=1S/C14H19NO4/c1-8(2)7-15-12(16)6-10(14(17)18)13(15)11-5-4-9(3)19-11/h4-5,8,10,13H,6-7H2,1-3H3,(H,17,18). The van der Waals surface area contributed by atoms with E-state index in [1.54, 1.807) is 17.0 Å². The van der Waals surface area contributed by atoms with E-state index >= 15 is 0 Å². The van der Waals surface area contributed by atoms with Crippen molar-refractivity contribution in [2.75, 3.05) is 6.54 Å². The Bertz CT molecular complexity index is 491. The predicted octanol–water partition coefficient (Wildman–Crippen LogP) is 2.22. The molecule has 1 aromatic heterocycles. The fraction of sp³-hybridized carbons (Fsp3) is 0.571. The zero-order chi connectivity index (χ0) is 14.2. The van der Waals surface area contributed by atoms with Gasteiger partial charge in [0.15, 0.2) is 0 Å². The maximum absolute atomic E-state index is 12.0. The number of carboxylic acid groups (broad SMARTS) is 1. The van der Waals surface area contributed by atoms with Crippen LogP contribution in [0.2, 0.25) is 0 Å². The van der Waals surface area contributed by atoms with Crippen molar-refractivity contribution in [3.63, 3.8) is 0 Å². The second-order valence-corrected chi connectivity index (χ2v) is 5.48. The molecule has 2 atom stereocenters. The van der Waals surface area contributed by atoms with Crippen LogP contribution in [-0.4, -0.2) is 28.4 Å². The van der Waals surface area contributed by atoms with E-state index in [2.05, 4.69) is 0 Å². The van der Waals surface area contributed by atoms with Gasteiger partial charge >= 0.3 is 5.97 Å². The molecule has 0 aliphatic carbocycles. The number of carbonyl (C=O) groups excluding carboxylic acids is 1. The van der Waals surface area contributed by atoms with E-state index in [1.165, 1.54) is 0 Å². The predicted molar refractivity (Wildman–Crippen MR) is 68.5 cm³/mol. The molecule has 19 heavy (non-hydrogen) atoms. The number of nitrogens with zero attached hydrogens (tertiary/aromatic N) is 1. The van der Waals surface area contributed by atoms with Crippen LogP contribution >= 0.6 is 0 Å². The number of hydrogen-bond acceptors (Lipinski definition) is 3. The van der Waals surface area contributed by atoms with E-state index in [9.17, 15) is 14.7 Å². The lowest BCUT2D eigenvalue weighted by Crippen LogP contribution is -2.33. The van der Waals surface area contributed by atoms with Crippen molar-refractivity contribution >= 4 is 11.9 Å². The number of aryl methyl sites for hydroxylation is 1. The van der Waals surface area contributed by atoms with E-state index in [0.717, 1.165) is 5.76 Å². The Labute approximate surface area is 112 Å². The number of aliphatic carboxylic acids is 1. The molecule has 0 aromatic carbocycles. The van der Waals surface area contributed by atoms with Crippen molar-refractivity contribution in [3.8, 4) is 0 Å². The molecule has 5 nitrogen and oxygen atoms in total. The normalized spacial score (nSPS) is 23.4. The Kier molecular flexibility index (Phi) is 3.64. The Morgan fingerprint density at radius 3 is 2.68 bits per heavy atom. The van der Waals surface area contributed by atoms with Crippen LogP contribution in [0.3, 0.4) is 0 Å². The van der Waals surface area contributed by atoms with Gasteiger partial charge in [0.25, 0.3) is 0 Å². The SMILES string of the molecule is Cc1ccc(C2C(C(=O)O)CC(=O)N2CC(C)C)o1. The molecule has 1 saturated heterocycles. The van der Waals surface area contributed by atoms with Gasteiger partial charge in [0.1, 0.15) is 17.6 Å². The van der Waals surface area contributed by atoms with Crippen LogP contribution in [0.15, 0.2) is 16.5 Å². The zero-order valence-electron chi connectivity index (χ0n) is 11.4. The average molecular weight is 265 g/mol. The Morgan fingerprint density at radius 1 is 1.53 bits per heavy atom. The molecular weight excluding hydrogens is 246 g/mol. The van der Waals surface area contributed by atoms with Crippen LogP contribution in [-0.2, 0) is 9.59 Å². The summed E-state index contributed by atoms with van der Waals surface area (Å²) >= 11 is 0. The summed E-state index contributed by atoms with van der Waals surface area (Å²) in [5, 5.41) is 9.30. The molecule has 104 valence electrons. The first-order valence-corrected chi connectivity index (χ1v) is 6.48. The van der Waals surface area contributed by atoms with Crippen molar-refractivity contribution in [1.29, 1.82) is 0 Å². The topological polar surface area (TPSA) is 70.8 Å². The summed E-state index contributed by atoms with van der Waals surface area (Å²) in [7, 11) is 0. The van der Waals surface area contributed by atoms with Gasteiger partial charge in [-0.1, -0.05) is 13.8 Å². The third-order valence-corrected chi connectivity index (χ3v) is 3.36. The smallest absolute Gasteiger partial charge is 0.309 e. The van der Waals surface area contributed by atoms with Gasteiger partial charge in [-0.15, -0.1) is 0 Å². The van der Waals surface area contributed by atoms with Crippen LogP contribution in [0.25, 0.3) is 0 Å². The number of carbonyl (C=O) groups is 2. The fourth-order valence-corrected chi connectivity index (χ4v) is 2.58. The van der Waals surface area contributed by atoms with Crippen molar-refractivity contribution in [2.45, 2.75) is 33.2 Å². The molecule has 1 aliphatic heterocycles. The molecule has 1 aliphatic rings. The highest BCUT2D eigenvalue weighted by Crippen LogP contribution is 2.39. The van der Waals surface area contributed by atoms with Gasteiger partial charge in [0.2, 0.25) is 5.91 Å². The molecule has 1 amide bonds. The van der Waals surface area contributed by atoms with Gasteiger partial charge in [0.05, 0.1) is 5.92 Å². The average Bonchev–Trinajstić information content (AvgIpc) is 2.84. The van der Waals surface area contributed by atoms with Crippen molar-refractivity contribution in [2.24, 2.45) is 11.8 Å². The first-order valence-electron chi connectivity index (χ1n) is 6.48. The van der Waals surface area contributed by atoms with Crippen molar-refractivity contribution in [1.82, 2.24) is 4.90 Å². The molecule has 2 rings (SSSR count). The zero-order valence-corrected chi connectivity index (χ0v) is 11.4. The third-order valence-electron chi connectivity index (χ3n) is 3.36. The molecule has 1 aromatic rings. The molecule has 1 fully saturated rings. The molecule has 0 saturated carbocycles. The first-order chi connectivity index (χ1) is 8.90. The van der Waals surface area contributed by atoms with Gasteiger partial charge in [-0.2, -0.15) is 0 Å². The second-order valence-electron chi connectivity index (χ2n) is 5.48. The molecule has 2 unspecified atom stereocenters. The number of furan rings is 1. The maximum Gasteiger partial charge on any atom is 0.309 e. The maximum atomic E-state index is 12.0. The summed E-state index contributed by atoms with van der Waals surface area (Å²) in [4.78, 5) is 25.0. The summed E-state index contributed by atoms with van der Waals surface area (Å²) in [5.74, 6) is -0.204.